The molecule has 198 valence electrons. The molecule has 0 radical (unpaired) electrons. The first-order valence-corrected chi connectivity index (χ1v) is 13.0. The van der Waals surface area contributed by atoms with Crippen LogP contribution < -0.4 is 20.1 Å². The number of hydrogen-bond donors (Lipinski definition) is 2. The number of aromatic nitrogens is 3. The van der Waals surface area contributed by atoms with Gasteiger partial charge in [-0.25, -0.2) is 15.0 Å². The maximum Gasteiger partial charge on any atom is 0.223 e. The summed E-state index contributed by atoms with van der Waals surface area (Å²) in [7, 11) is 3.09. The predicted molar refractivity (Wildman–Crippen MR) is 144 cm³/mol. The van der Waals surface area contributed by atoms with Gasteiger partial charge in [0.15, 0.2) is 5.82 Å². The molecule has 3 aromatic rings. The van der Waals surface area contributed by atoms with Crippen LogP contribution in [0.25, 0.3) is 22.2 Å². The van der Waals surface area contributed by atoms with Crippen molar-refractivity contribution in [1.29, 1.82) is 0 Å². The van der Waals surface area contributed by atoms with Crippen LogP contribution in [-0.4, -0.2) is 92.7 Å². The zero-order valence-electron chi connectivity index (χ0n) is 20.9. The van der Waals surface area contributed by atoms with Gasteiger partial charge in [-0.05, 0) is 12.5 Å². The molecule has 0 amide bonds. The van der Waals surface area contributed by atoms with Gasteiger partial charge in [0.05, 0.1) is 55.8 Å². The third-order valence-corrected chi connectivity index (χ3v) is 7.23. The largest absolute Gasteiger partial charge is 0.495 e. The highest BCUT2D eigenvalue weighted by Gasteiger charge is 2.22. The lowest BCUT2D eigenvalue weighted by atomic mass is 10.1. The van der Waals surface area contributed by atoms with Crippen molar-refractivity contribution in [3.05, 3.63) is 28.4 Å². The Labute approximate surface area is 225 Å². The van der Waals surface area contributed by atoms with E-state index < -0.39 is 0 Å². The molecule has 2 aliphatic heterocycles. The van der Waals surface area contributed by atoms with Gasteiger partial charge in [0.2, 0.25) is 5.95 Å². The van der Waals surface area contributed by atoms with Gasteiger partial charge < -0.3 is 29.6 Å². The lowest BCUT2D eigenvalue weighted by Crippen LogP contribution is -2.39. The van der Waals surface area contributed by atoms with E-state index in [1.165, 1.54) is 0 Å². The van der Waals surface area contributed by atoms with Crippen LogP contribution >= 0.6 is 23.2 Å². The van der Waals surface area contributed by atoms with Gasteiger partial charge in [-0.2, -0.15) is 0 Å². The van der Waals surface area contributed by atoms with Gasteiger partial charge in [-0.1, -0.05) is 23.2 Å². The molecule has 12 heteroatoms. The number of ether oxygens (including phenoxy) is 4. The Morgan fingerprint density at radius 1 is 1.03 bits per heavy atom. The van der Waals surface area contributed by atoms with Gasteiger partial charge in [-0.3, -0.25) is 4.90 Å². The minimum atomic E-state index is 0.185. The molecule has 4 heterocycles. The summed E-state index contributed by atoms with van der Waals surface area (Å²) in [5, 5.41) is 8.33. The van der Waals surface area contributed by atoms with E-state index in [1.807, 2.05) is 6.07 Å². The number of morpholine rings is 1. The molecule has 2 saturated heterocycles. The van der Waals surface area contributed by atoms with Crippen molar-refractivity contribution >= 4 is 45.9 Å². The van der Waals surface area contributed by atoms with E-state index in [1.54, 1.807) is 26.5 Å². The lowest BCUT2D eigenvalue weighted by Gasteiger charge is -2.26. The van der Waals surface area contributed by atoms with E-state index in [2.05, 4.69) is 20.5 Å². The minimum absolute atomic E-state index is 0.185. The molecule has 0 saturated carbocycles. The van der Waals surface area contributed by atoms with Crippen molar-refractivity contribution in [2.45, 2.75) is 12.5 Å². The molecule has 2 aromatic heterocycles. The zero-order chi connectivity index (χ0) is 25.8. The number of pyridine rings is 1. The van der Waals surface area contributed by atoms with Gasteiger partial charge in [0, 0.05) is 56.0 Å². The Morgan fingerprint density at radius 3 is 2.46 bits per heavy atom. The first-order chi connectivity index (χ1) is 18.1. The van der Waals surface area contributed by atoms with Crippen LogP contribution in [0.5, 0.6) is 11.5 Å². The van der Waals surface area contributed by atoms with Crippen molar-refractivity contribution in [1.82, 2.24) is 19.9 Å². The summed E-state index contributed by atoms with van der Waals surface area (Å²) in [6.07, 6.45) is 2.69. The first-order valence-electron chi connectivity index (χ1n) is 12.2. The molecular weight excluding hydrogens is 519 g/mol. The summed E-state index contributed by atoms with van der Waals surface area (Å²) in [6, 6.07) is 3.71. The Hall–Kier alpha value is -2.63. The lowest BCUT2D eigenvalue weighted by molar-refractivity contribution is 0.0398. The molecule has 1 aromatic carbocycles. The van der Waals surface area contributed by atoms with Gasteiger partial charge in [0.1, 0.15) is 17.0 Å². The van der Waals surface area contributed by atoms with Crippen LogP contribution in [0.4, 0.5) is 11.8 Å². The normalized spacial score (nSPS) is 18.2. The predicted octanol–water partition coefficient (Wildman–Crippen LogP) is 3.96. The maximum absolute atomic E-state index is 6.71. The van der Waals surface area contributed by atoms with Gasteiger partial charge >= 0.3 is 0 Å². The average Bonchev–Trinajstić information content (AvgIpc) is 3.43. The van der Waals surface area contributed by atoms with E-state index in [-0.39, 0.29) is 6.04 Å². The fourth-order valence-electron chi connectivity index (χ4n) is 4.46. The molecule has 0 aliphatic carbocycles. The third kappa shape index (κ3) is 5.78. The van der Waals surface area contributed by atoms with E-state index >= 15 is 0 Å². The molecule has 0 bridgehead atoms. The number of halogens is 2. The number of fused-ring (bicyclic) bond motifs is 1. The molecule has 1 atom stereocenters. The molecule has 2 aliphatic rings. The van der Waals surface area contributed by atoms with Crippen LogP contribution in [0.3, 0.4) is 0 Å². The summed E-state index contributed by atoms with van der Waals surface area (Å²) in [4.78, 5) is 16.6. The quantitative estimate of drug-likeness (QED) is 0.408. The zero-order valence-corrected chi connectivity index (χ0v) is 22.4. The number of anilines is 2. The van der Waals surface area contributed by atoms with Crippen molar-refractivity contribution in [2.75, 3.05) is 77.5 Å². The molecule has 2 N–H and O–H groups in total. The molecule has 1 unspecified atom stereocenters. The molecule has 0 spiro atoms. The van der Waals surface area contributed by atoms with Crippen molar-refractivity contribution in [3.63, 3.8) is 0 Å². The monoisotopic (exact) mass is 548 g/mol. The fraction of sp³-hybridized carbons (Fsp3) is 0.480. The second kappa shape index (κ2) is 11.8. The SMILES string of the molecule is COc1cc(OC)c(Cl)c(-c2cc3cnc(NC4CCOC4)nc3c(NCCN3CCOCC3)n2)c1Cl. The number of nitrogens with zero attached hydrogens (tertiary/aromatic N) is 4. The van der Waals surface area contributed by atoms with Crippen LogP contribution in [-0.2, 0) is 9.47 Å². The summed E-state index contributed by atoms with van der Waals surface area (Å²) in [5.74, 6) is 2.03. The molecule has 5 rings (SSSR count). The van der Waals surface area contributed by atoms with Crippen molar-refractivity contribution < 1.29 is 18.9 Å². The van der Waals surface area contributed by atoms with Crippen LogP contribution in [0.1, 0.15) is 6.42 Å². The fourth-order valence-corrected chi connectivity index (χ4v) is 5.15. The highest BCUT2D eigenvalue weighted by Crippen LogP contribution is 2.46. The van der Waals surface area contributed by atoms with E-state index in [0.717, 1.165) is 51.3 Å². The minimum Gasteiger partial charge on any atom is -0.495 e. The molecule has 10 nitrogen and oxygen atoms in total. The first kappa shape index (κ1) is 26.0. The standard InChI is InChI=1S/C25H30Cl2N6O4/c1-34-18-12-19(35-2)22(27)20(21(18)26)17-11-15-13-29-25(30-16-3-8-37-14-16)32-23(15)24(31-17)28-4-5-33-6-9-36-10-7-33/h11-13,16H,3-10,14H2,1-2H3,(H,28,31)(H,29,30,32). The maximum atomic E-state index is 6.71. The molecule has 2 fully saturated rings. The third-order valence-electron chi connectivity index (χ3n) is 6.48. The topological polar surface area (TPSA) is 103 Å². The Bertz CT molecular complexity index is 1220. The summed E-state index contributed by atoms with van der Waals surface area (Å²) in [5.41, 5.74) is 1.77. The molecule has 37 heavy (non-hydrogen) atoms. The number of rotatable bonds is 9. The van der Waals surface area contributed by atoms with Gasteiger partial charge in [-0.15, -0.1) is 0 Å². The smallest absolute Gasteiger partial charge is 0.223 e. The van der Waals surface area contributed by atoms with Crippen LogP contribution in [0.2, 0.25) is 10.0 Å². The van der Waals surface area contributed by atoms with Crippen LogP contribution in [0, 0.1) is 0 Å². The number of benzene rings is 1. The highest BCUT2D eigenvalue weighted by molar-refractivity contribution is 6.41. The van der Waals surface area contributed by atoms with E-state index in [9.17, 15) is 0 Å². The molecular formula is C25H30Cl2N6O4. The van der Waals surface area contributed by atoms with Crippen molar-refractivity contribution in [2.24, 2.45) is 0 Å². The summed E-state index contributed by atoms with van der Waals surface area (Å²) >= 11 is 13.4. The van der Waals surface area contributed by atoms with E-state index in [4.69, 9.17) is 52.1 Å². The second-order valence-electron chi connectivity index (χ2n) is 8.86. The number of nitrogens with one attached hydrogen (secondary N) is 2. The van der Waals surface area contributed by atoms with Crippen molar-refractivity contribution in [3.8, 4) is 22.8 Å². The Morgan fingerprint density at radius 2 is 1.78 bits per heavy atom. The average molecular weight is 549 g/mol. The highest BCUT2D eigenvalue weighted by atomic mass is 35.5. The van der Waals surface area contributed by atoms with Gasteiger partial charge in [0.25, 0.3) is 0 Å². The van der Waals surface area contributed by atoms with E-state index in [0.29, 0.717) is 63.2 Å². The number of methoxy groups -OCH3 is 2. The summed E-state index contributed by atoms with van der Waals surface area (Å²) in [6.45, 7) is 6.21. The second-order valence-corrected chi connectivity index (χ2v) is 9.61. The number of hydrogen-bond acceptors (Lipinski definition) is 10. The van der Waals surface area contributed by atoms with Crippen LogP contribution in [0.15, 0.2) is 18.3 Å². The Kier molecular flexibility index (Phi) is 8.31. The summed E-state index contributed by atoms with van der Waals surface area (Å²) < 4.78 is 21.9. The Balaban J connectivity index is 1.53.